The molecule has 10 nitrogen and oxygen atoms in total. The van der Waals surface area contributed by atoms with Gasteiger partial charge in [0.15, 0.2) is 11.5 Å². The summed E-state index contributed by atoms with van der Waals surface area (Å²) in [6.07, 6.45) is 3.37. The van der Waals surface area contributed by atoms with Crippen LogP contribution in [0.3, 0.4) is 0 Å². The second-order valence-electron chi connectivity index (χ2n) is 7.97. The molecule has 3 amide bonds. The molecule has 1 atom stereocenters. The van der Waals surface area contributed by atoms with Crippen LogP contribution in [0.4, 0.5) is 10.5 Å². The Morgan fingerprint density at radius 1 is 1.13 bits per heavy atom. The van der Waals surface area contributed by atoms with Crippen molar-refractivity contribution in [1.29, 1.82) is 0 Å². The lowest BCUT2D eigenvalue weighted by atomic mass is 10.1. The van der Waals surface area contributed by atoms with Crippen LogP contribution in [0.25, 0.3) is 5.65 Å². The van der Waals surface area contributed by atoms with Crippen LogP contribution in [0.1, 0.15) is 27.9 Å². The summed E-state index contributed by atoms with van der Waals surface area (Å²) < 4.78 is 1.83. The number of aromatic nitrogens is 4. The van der Waals surface area contributed by atoms with Crippen LogP contribution in [-0.2, 0) is 0 Å². The van der Waals surface area contributed by atoms with Gasteiger partial charge in [0.2, 0.25) is 0 Å². The van der Waals surface area contributed by atoms with Crippen molar-refractivity contribution in [2.75, 3.05) is 46.1 Å². The predicted octanol–water partition coefficient (Wildman–Crippen LogP) is 1.66. The summed E-state index contributed by atoms with van der Waals surface area (Å²) in [4.78, 5) is 35.0. The van der Waals surface area contributed by atoms with Crippen LogP contribution in [0.2, 0.25) is 0 Å². The number of carbonyl (C=O) groups is 2. The fourth-order valence-corrected chi connectivity index (χ4v) is 3.62. The zero-order chi connectivity index (χ0) is 22.1. The van der Waals surface area contributed by atoms with E-state index in [9.17, 15) is 9.59 Å². The molecule has 0 spiro atoms. The minimum Gasteiger partial charge on any atom is -0.331 e. The molecule has 1 saturated heterocycles. The van der Waals surface area contributed by atoms with Gasteiger partial charge in [0.05, 0.1) is 23.5 Å². The van der Waals surface area contributed by atoms with E-state index in [1.54, 1.807) is 43.5 Å². The van der Waals surface area contributed by atoms with Gasteiger partial charge in [0, 0.05) is 45.6 Å². The Balaban J connectivity index is 1.61. The lowest BCUT2D eigenvalue weighted by molar-refractivity contribution is 0.0933. The van der Waals surface area contributed by atoms with Gasteiger partial charge >= 0.3 is 6.03 Å². The Hall–Kier alpha value is -3.53. The highest BCUT2D eigenvalue weighted by Gasteiger charge is 2.32. The van der Waals surface area contributed by atoms with Gasteiger partial charge in [-0.25, -0.2) is 4.79 Å². The lowest BCUT2D eigenvalue weighted by Crippen LogP contribution is -2.52. The van der Waals surface area contributed by atoms with Crippen LogP contribution in [0.15, 0.2) is 36.7 Å². The van der Waals surface area contributed by atoms with Crippen molar-refractivity contribution in [3.63, 3.8) is 0 Å². The lowest BCUT2D eigenvalue weighted by Gasteiger charge is -2.39. The zero-order valence-corrected chi connectivity index (χ0v) is 18.1. The molecular weight excluding hydrogens is 396 g/mol. The summed E-state index contributed by atoms with van der Waals surface area (Å²) in [5.41, 5.74) is 2.64. The first-order valence-electron chi connectivity index (χ1n) is 10.1. The van der Waals surface area contributed by atoms with Crippen molar-refractivity contribution in [2.45, 2.75) is 13.0 Å². The van der Waals surface area contributed by atoms with Crippen molar-refractivity contribution in [2.24, 2.45) is 0 Å². The molecule has 0 aromatic carbocycles. The third-order valence-corrected chi connectivity index (χ3v) is 5.46. The summed E-state index contributed by atoms with van der Waals surface area (Å²) in [5.74, 6) is 0.453. The van der Waals surface area contributed by atoms with E-state index in [-0.39, 0.29) is 18.0 Å². The largest absolute Gasteiger partial charge is 0.331 e. The number of rotatable bonds is 3. The number of fused-ring (bicyclic) bond motifs is 1. The first-order chi connectivity index (χ1) is 14.8. The van der Waals surface area contributed by atoms with Crippen LogP contribution in [-0.4, -0.2) is 87.0 Å². The number of anilines is 1. The number of hydrogen-bond acceptors (Lipinski definition) is 6. The summed E-state index contributed by atoms with van der Waals surface area (Å²) in [6, 6.07) is 6.99. The summed E-state index contributed by atoms with van der Waals surface area (Å²) >= 11 is 0. The van der Waals surface area contributed by atoms with E-state index in [0.29, 0.717) is 35.8 Å². The second-order valence-corrected chi connectivity index (χ2v) is 7.97. The van der Waals surface area contributed by atoms with Crippen molar-refractivity contribution in [3.8, 4) is 0 Å². The maximum absolute atomic E-state index is 12.8. The monoisotopic (exact) mass is 422 g/mol. The molecule has 0 aliphatic carbocycles. The number of urea groups is 1. The Labute approximate surface area is 180 Å². The number of nitrogens with one attached hydrogen (secondary N) is 1. The maximum Gasteiger partial charge on any atom is 0.319 e. The van der Waals surface area contributed by atoms with Gasteiger partial charge in [0.1, 0.15) is 0 Å². The minimum absolute atomic E-state index is 0.0290. The molecule has 3 aromatic heterocycles. The highest BCUT2D eigenvalue weighted by atomic mass is 16.2. The molecule has 1 unspecified atom stereocenters. The van der Waals surface area contributed by atoms with Crippen LogP contribution < -0.4 is 5.32 Å². The molecule has 1 aliphatic heterocycles. The SMILES string of the molecule is Cc1ccc(NC(=O)c2ccc3nnc(C4CN(C(=O)N(C)C)CCN4C)n3c2)cn1. The van der Waals surface area contributed by atoms with E-state index in [0.717, 1.165) is 12.2 Å². The van der Waals surface area contributed by atoms with E-state index < -0.39 is 0 Å². The van der Waals surface area contributed by atoms with E-state index in [4.69, 9.17) is 0 Å². The average Bonchev–Trinajstić information content (AvgIpc) is 3.18. The van der Waals surface area contributed by atoms with Crippen molar-refractivity contribution in [3.05, 3.63) is 53.7 Å². The molecule has 0 saturated carbocycles. The molecule has 162 valence electrons. The summed E-state index contributed by atoms with van der Waals surface area (Å²) in [7, 11) is 5.50. The Kier molecular flexibility index (Phi) is 5.55. The molecule has 1 N–H and O–H groups in total. The number of nitrogens with zero attached hydrogens (tertiary/aromatic N) is 7. The van der Waals surface area contributed by atoms with Gasteiger partial charge in [-0.15, -0.1) is 10.2 Å². The minimum atomic E-state index is -0.242. The number of likely N-dealkylation sites (N-methyl/N-ethyl adjacent to an activating group) is 1. The third-order valence-electron chi connectivity index (χ3n) is 5.46. The van der Waals surface area contributed by atoms with Crippen molar-refractivity contribution >= 4 is 23.3 Å². The van der Waals surface area contributed by atoms with Crippen LogP contribution in [0, 0.1) is 6.92 Å². The normalized spacial score (nSPS) is 17.0. The zero-order valence-electron chi connectivity index (χ0n) is 18.1. The van der Waals surface area contributed by atoms with Crippen LogP contribution in [0.5, 0.6) is 0 Å². The Morgan fingerprint density at radius 3 is 2.65 bits per heavy atom. The van der Waals surface area contributed by atoms with Gasteiger partial charge in [-0.05, 0) is 38.2 Å². The number of aryl methyl sites for hydroxylation is 1. The average molecular weight is 422 g/mol. The number of carbonyl (C=O) groups excluding carboxylic acids is 2. The highest BCUT2D eigenvalue weighted by molar-refractivity contribution is 6.04. The molecule has 0 radical (unpaired) electrons. The van der Waals surface area contributed by atoms with E-state index in [1.165, 1.54) is 0 Å². The summed E-state index contributed by atoms with van der Waals surface area (Å²) in [5, 5.41) is 11.5. The van der Waals surface area contributed by atoms with Gasteiger partial charge < -0.3 is 15.1 Å². The Morgan fingerprint density at radius 2 is 1.94 bits per heavy atom. The van der Waals surface area contributed by atoms with Gasteiger partial charge in [0.25, 0.3) is 5.91 Å². The molecule has 1 fully saturated rings. The smallest absolute Gasteiger partial charge is 0.319 e. The number of piperazine rings is 1. The number of amides is 3. The molecule has 4 rings (SSSR count). The molecule has 4 heterocycles. The quantitative estimate of drug-likeness (QED) is 0.689. The molecule has 31 heavy (non-hydrogen) atoms. The van der Waals surface area contributed by atoms with E-state index in [2.05, 4.69) is 25.4 Å². The third kappa shape index (κ3) is 4.19. The number of hydrogen-bond donors (Lipinski definition) is 1. The van der Waals surface area contributed by atoms with Gasteiger partial charge in [-0.2, -0.15) is 0 Å². The number of pyridine rings is 2. The molecular formula is C21H26N8O2. The highest BCUT2D eigenvalue weighted by Crippen LogP contribution is 2.24. The van der Waals surface area contributed by atoms with E-state index in [1.807, 2.05) is 35.4 Å². The summed E-state index contributed by atoms with van der Waals surface area (Å²) in [6.45, 7) is 3.77. The van der Waals surface area contributed by atoms with E-state index >= 15 is 0 Å². The molecule has 0 bridgehead atoms. The molecule has 10 heteroatoms. The standard InChI is InChI=1S/C21H26N8O2/c1-14-5-7-16(11-22-14)23-20(30)15-6-8-18-24-25-19(29(18)12-15)17-13-28(10-9-27(17)4)21(31)26(2)3/h5-8,11-12,17H,9-10,13H2,1-4H3,(H,23,30). The first kappa shape index (κ1) is 20.7. The van der Waals surface area contributed by atoms with Crippen LogP contribution >= 0.6 is 0 Å². The van der Waals surface area contributed by atoms with Gasteiger partial charge in [-0.3, -0.25) is 19.1 Å². The molecule has 3 aromatic rings. The second kappa shape index (κ2) is 8.31. The predicted molar refractivity (Wildman–Crippen MR) is 116 cm³/mol. The maximum atomic E-state index is 12.8. The van der Waals surface area contributed by atoms with Crippen molar-refractivity contribution < 1.29 is 9.59 Å². The fourth-order valence-electron chi connectivity index (χ4n) is 3.62. The van der Waals surface area contributed by atoms with Gasteiger partial charge in [-0.1, -0.05) is 0 Å². The molecule has 1 aliphatic rings. The van der Waals surface area contributed by atoms with Crippen molar-refractivity contribution in [1.82, 2.24) is 34.3 Å². The Bertz CT molecular complexity index is 1110. The first-order valence-corrected chi connectivity index (χ1v) is 10.1. The topological polar surface area (TPSA) is 99.0 Å². The fraction of sp³-hybridized carbons (Fsp3) is 0.381.